The number of carbonyl (C=O) groups excluding carboxylic acids is 4. The van der Waals surface area contributed by atoms with Gasteiger partial charge >= 0.3 is 39.5 Å². The molecule has 95 heavy (non-hydrogen) atoms. The Morgan fingerprint density at radius 1 is 0.284 bits per heavy atom. The van der Waals surface area contributed by atoms with E-state index in [1.165, 1.54) is 212 Å². The first-order valence-electron chi connectivity index (χ1n) is 39.6. The fourth-order valence-electron chi connectivity index (χ4n) is 11.7. The van der Waals surface area contributed by atoms with Crippen molar-refractivity contribution in [2.45, 2.75) is 419 Å². The smallest absolute Gasteiger partial charge is 0.462 e. The molecule has 0 rings (SSSR count). The number of hydrogen-bond donors (Lipinski definition) is 3. The normalized spacial score (nSPS) is 13.9. The third-order valence-electron chi connectivity index (χ3n) is 17.8. The molecule has 5 atom stereocenters. The first-order chi connectivity index (χ1) is 46.0. The highest BCUT2D eigenvalue weighted by Crippen LogP contribution is 2.45. The monoisotopic (exact) mass is 1400 g/mol. The number of aliphatic hydroxyl groups is 1. The first-order valence-corrected chi connectivity index (χ1v) is 42.6. The molecule has 564 valence electrons. The average Bonchev–Trinajstić information content (AvgIpc) is 1.96. The molecule has 3 N–H and O–H groups in total. The molecular weight excluding hydrogens is 1250 g/mol. The van der Waals surface area contributed by atoms with E-state index < -0.39 is 97.5 Å². The maximum Gasteiger partial charge on any atom is 0.472 e. The van der Waals surface area contributed by atoms with Gasteiger partial charge < -0.3 is 33.8 Å². The molecule has 19 heteroatoms. The van der Waals surface area contributed by atoms with Gasteiger partial charge in [0.05, 0.1) is 26.4 Å². The third-order valence-corrected chi connectivity index (χ3v) is 19.7. The zero-order valence-electron chi connectivity index (χ0n) is 61.8. The standard InChI is InChI=1S/C76H148O17P2/c1-6-9-12-15-18-20-22-24-26-28-30-32-34-36-41-46-51-56-61-75(80)93-72(66-87-74(79)60-55-50-45-40-35-33-31-29-27-25-23-21-19-16-13-10-7-2)68-91-95(84,85)89-64-70(77)63-88-94(82,83)90-67-71(65-86-73(78)59-54-49-43-17-14-11-8-3)92-76(81)62-57-52-47-42-38-37-39-44-48-53-58-69(4)5/h69-72,77H,6-68H2,1-5H3,(H,82,83)(H,84,85)/t70-,71+,72+/m0/s1. The lowest BCUT2D eigenvalue weighted by Gasteiger charge is -2.21. The predicted molar refractivity (Wildman–Crippen MR) is 386 cm³/mol. The number of hydrogen-bond acceptors (Lipinski definition) is 15. The molecule has 0 spiro atoms. The molecule has 0 radical (unpaired) electrons. The Hall–Kier alpha value is -1.94. The minimum Gasteiger partial charge on any atom is -0.462 e. The average molecular weight is 1400 g/mol. The van der Waals surface area contributed by atoms with Crippen molar-refractivity contribution < 1.29 is 80.2 Å². The number of phosphoric acid groups is 2. The molecule has 0 aliphatic rings. The van der Waals surface area contributed by atoms with Crippen LogP contribution in [0.1, 0.15) is 401 Å². The maximum atomic E-state index is 13.1. The zero-order valence-corrected chi connectivity index (χ0v) is 63.6. The number of unbranched alkanes of at least 4 members (excludes halogenated alkanes) is 48. The van der Waals surface area contributed by atoms with Crippen molar-refractivity contribution >= 4 is 39.5 Å². The van der Waals surface area contributed by atoms with Crippen molar-refractivity contribution in [1.29, 1.82) is 0 Å². The van der Waals surface area contributed by atoms with Crippen LogP contribution in [0.3, 0.4) is 0 Å². The summed E-state index contributed by atoms with van der Waals surface area (Å²) >= 11 is 0. The lowest BCUT2D eigenvalue weighted by molar-refractivity contribution is -0.161. The Morgan fingerprint density at radius 2 is 0.484 bits per heavy atom. The van der Waals surface area contributed by atoms with Gasteiger partial charge in [-0.25, -0.2) is 9.13 Å². The lowest BCUT2D eigenvalue weighted by Crippen LogP contribution is -2.30. The summed E-state index contributed by atoms with van der Waals surface area (Å²) in [5.41, 5.74) is 0. The van der Waals surface area contributed by atoms with E-state index in [9.17, 15) is 43.2 Å². The summed E-state index contributed by atoms with van der Waals surface area (Å²) in [5.74, 6) is -1.37. The molecule has 0 amide bonds. The van der Waals surface area contributed by atoms with Gasteiger partial charge in [-0.3, -0.25) is 37.3 Å². The van der Waals surface area contributed by atoms with Crippen LogP contribution >= 0.6 is 15.6 Å². The molecule has 0 fully saturated rings. The second kappa shape index (κ2) is 69.2. The van der Waals surface area contributed by atoms with Crippen LogP contribution in [0.5, 0.6) is 0 Å². The van der Waals surface area contributed by atoms with Gasteiger partial charge in [0.25, 0.3) is 0 Å². The van der Waals surface area contributed by atoms with E-state index in [0.29, 0.717) is 25.7 Å². The SMILES string of the molecule is CCCCCCCCCCCCCCCCCCCCC(=O)O[C@H](COC(=O)CCCCCCCCCCCCCCCCCCC)COP(=O)(O)OC[C@@H](O)COP(=O)(O)OC[C@@H](COC(=O)CCCCCCCCC)OC(=O)CCCCCCCCCCCCC(C)C. The van der Waals surface area contributed by atoms with Gasteiger partial charge in [-0.1, -0.05) is 349 Å². The number of aliphatic hydroxyl groups excluding tert-OH is 1. The van der Waals surface area contributed by atoms with Crippen molar-refractivity contribution in [3.63, 3.8) is 0 Å². The van der Waals surface area contributed by atoms with Gasteiger partial charge in [0, 0.05) is 25.7 Å². The summed E-state index contributed by atoms with van der Waals surface area (Å²) in [5, 5.41) is 10.6. The van der Waals surface area contributed by atoms with E-state index in [0.717, 1.165) is 109 Å². The molecule has 0 aromatic heterocycles. The fraction of sp³-hybridized carbons (Fsp3) is 0.947. The van der Waals surface area contributed by atoms with E-state index in [4.69, 9.17) is 37.0 Å². The Labute approximate surface area is 581 Å². The predicted octanol–water partition coefficient (Wildman–Crippen LogP) is 22.5. The van der Waals surface area contributed by atoms with Crippen molar-refractivity contribution in [1.82, 2.24) is 0 Å². The number of esters is 4. The van der Waals surface area contributed by atoms with Gasteiger partial charge in [-0.15, -0.1) is 0 Å². The van der Waals surface area contributed by atoms with Crippen molar-refractivity contribution in [2.24, 2.45) is 5.92 Å². The number of carbonyl (C=O) groups is 4. The van der Waals surface area contributed by atoms with E-state index >= 15 is 0 Å². The molecule has 0 bridgehead atoms. The summed E-state index contributed by atoms with van der Waals surface area (Å²) in [7, 11) is -9.90. The lowest BCUT2D eigenvalue weighted by atomic mass is 10.0. The van der Waals surface area contributed by atoms with Gasteiger partial charge in [-0.05, 0) is 31.6 Å². The Morgan fingerprint density at radius 3 is 0.716 bits per heavy atom. The summed E-state index contributed by atoms with van der Waals surface area (Å²) < 4.78 is 68.4. The molecule has 0 aromatic rings. The zero-order chi connectivity index (χ0) is 69.8. The number of rotatable bonds is 76. The molecular formula is C76H148O17P2. The van der Waals surface area contributed by atoms with E-state index in [2.05, 4.69) is 34.6 Å². The largest absolute Gasteiger partial charge is 0.472 e. The van der Waals surface area contributed by atoms with Gasteiger partial charge in [0.1, 0.15) is 19.3 Å². The van der Waals surface area contributed by atoms with Crippen molar-refractivity contribution in [3.8, 4) is 0 Å². The molecule has 17 nitrogen and oxygen atoms in total. The van der Waals surface area contributed by atoms with Gasteiger partial charge in [0.15, 0.2) is 12.2 Å². The van der Waals surface area contributed by atoms with Crippen molar-refractivity contribution in [2.75, 3.05) is 39.6 Å². The topological polar surface area (TPSA) is 237 Å². The van der Waals surface area contributed by atoms with E-state index in [-0.39, 0.29) is 25.7 Å². The number of ether oxygens (including phenoxy) is 4. The van der Waals surface area contributed by atoms with Gasteiger partial charge in [-0.2, -0.15) is 0 Å². The molecule has 0 aliphatic carbocycles. The van der Waals surface area contributed by atoms with Crippen LogP contribution < -0.4 is 0 Å². The second-order valence-corrected chi connectivity index (χ2v) is 30.8. The maximum absolute atomic E-state index is 13.1. The minimum absolute atomic E-state index is 0.106. The summed E-state index contributed by atoms with van der Waals surface area (Å²) in [6.45, 7) is 7.24. The summed E-state index contributed by atoms with van der Waals surface area (Å²) in [4.78, 5) is 72.7. The molecule has 0 aromatic carbocycles. The Bertz CT molecular complexity index is 1820. The number of phosphoric ester groups is 2. The third kappa shape index (κ3) is 70.3. The summed E-state index contributed by atoms with van der Waals surface area (Å²) in [6.07, 6.45) is 58.4. The molecule has 0 heterocycles. The van der Waals surface area contributed by atoms with Crippen molar-refractivity contribution in [3.05, 3.63) is 0 Å². The quantitative estimate of drug-likeness (QED) is 0.0222. The second-order valence-electron chi connectivity index (χ2n) is 27.9. The van der Waals surface area contributed by atoms with Crippen LogP contribution in [0.25, 0.3) is 0 Å². The highest BCUT2D eigenvalue weighted by molar-refractivity contribution is 7.47. The highest BCUT2D eigenvalue weighted by Gasteiger charge is 2.30. The first kappa shape index (κ1) is 93.1. The van der Waals surface area contributed by atoms with Crippen LogP contribution in [0, 0.1) is 5.92 Å². The minimum atomic E-state index is -4.96. The van der Waals surface area contributed by atoms with Crippen LogP contribution in [-0.2, 0) is 65.4 Å². The van der Waals surface area contributed by atoms with Crippen LogP contribution in [0.2, 0.25) is 0 Å². The van der Waals surface area contributed by atoms with Gasteiger partial charge in [0.2, 0.25) is 0 Å². The van der Waals surface area contributed by atoms with Crippen LogP contribution in [0.4, 0.5) is 0 Å². The van der Waals surface area contributed by atoms with E-state index in [1.807, 2.05) is 0 Å². The highest BCUT2D eigenvalue weighted by atomic mass is 31.2. The fourth-order valence-corrected chi connectivity index (χ4v) is 13.3. The Balaban J connectivity index is 5.19. The summed E-state index contributed by atoms with van der Waals surface area (Å²) in [6, 6.07) is 0. The molecule has 0 saturated carbocycles. The van der Waals surface area contributed by atoms with Crippen LogP contribution in [0.15, 0.2) is 0 Å². The molecule has 0 saturated heterocycles. The Kier molecular flexibility index (Phi) is 67.7. The van der Waals surface area contributed by atoms with Crippen LogP contribution in [-0.4, -0.2) is 96.7 Å². The molecule has 2 unspecified atom stereocenters. The van der Waals surface area contributed by atoms with E-state index in [1.54, 1.807) is 0 Å². The molecule has 0 aliphatic heterocycles.